The molecule has 2 aromatic carbocycles. The Morgan fingerprint density at radius 3 is 2.38 bits per heavy atom. The van der Waals surface area contributed by atoms with Gasteiger partial charge in [0.2, 0.25) is 5.91 Å². The average molecular weight is 453 g/mol. The van der Waals surface area contributed by atoms with Gasteiger partial charge in [0, 0.05) is 26.9 Å². The lowest BCUT2D eigenvalue weighted by molar-refractivity contribution is -0.115. The van der Waals surface area contributed by atoms with Gasteiger partial charge in [-0.2, -0.15) is 0 Å². The van der Waals surface area contributed by atoms with Crippen LogP contribution in [0.2, 0.25) is 0 Å². The lowest BCUT2D eigenvalue weighted by Crippen LogP contribution is -2.34. The molecule has 0 unspecified atom stereocenters. The Balaban J connectivity index is 1.98. The summed E-state index contributed by atoms with van der Waals surface area (Å²) in [5, 5.41) is 8.53. The molecule has 0 radical (unpaired) electrons. The van der Waals surface area contributed by atoms with Crippen LogP contribution in [0.15, 0.2) is 48.5 Å². The molecule has 3 N–H and O–H groups in total. The van der Waals surface area contributed by atoms with Gasteiger partial charge in [-0.3, -0.25) is 14.9 Å². The highest BCUT2D eigenvalue weighted by Gasteiger charge is 2.08. The number of hydrogen-bond donors (Lipinski definition) is 3. The Hall–Kier alpha value is -2.00. The molecule has 0 aliphatic rings. The molecule has 2 amide bonds. The first-order chi connectivity index (χ1) is 11.5. The van der Waals surface area contributed by atoms with Gasteiger partial charge in [0.05, 0.1) is 0 Å². The van der Waals surface area contributed by atoms with E-state index in [1.165, 1.54) is 0 Å². The average Bonchev–Trinajstić information content (AvgIpc) is 2.54. The summed E-state index contributed by atoms with van der Waals surface area (Å²) in [4.78, 5) is 23.6. The van der Waals surface area contributed by atoms with Crippen LogP contribution in [0.5, 0.6) is 0 Å². The first-order valence-electron chi connectivity index (χ1n) is 7.25. The van der Waals surface area contributed by atoms with Crippen molar-refractivity contribution >= 4 is 63.1 Å². The van der Waals surface area contributed by atoms with Crippen LogP contribution in [-0.4, -0.2) is 16.9 Å². The van der Waals surface area contributed by atoms with Crippen molar-refractivity contribution in [3.63, 3.8) is 0 Å². The second-order valence-electron chi connectivity index (χ2n) is 4.90. The first-order valence-corrected chi connectivity index (χ1v) is 8.74. The molecule has 0 saturated heterocycles. The summed E-state index contributed by atoms with van der Waals surface area (Å²) in [5.74, 6) is -0.344. The maximum atomic E-state index is 12.1. The number of carbonyl (C=O) groups excluding carboxylic acids is 2. The topological polar surface area (TPSA) is 70.2 Å². The monoisotopic (exact) mass is 453 g/mol. The molecule has 2 rings (SSSR count). The number of hydrogen-bond acceptors (Lipinski definition) is 3. The minimum absolute atomic E-state index is 0.0679. The van der Waals surface area contributed by atoms with Crippen LogP contribution >= 0.6 is 34.8 Å². The fourth-order valence-electron chi connectivity index (χ4n) is 1.89. The molecule has 0 fully saturated rings. The second kappa shape index (κ2) is 8.74. The molecule has 24 heavy (non-hydrogen) atoms. The fraction of sp³-hybridized carbons (Fsp3) is 0.118. The normalized spacial score (nSPS) is 9.92. The minimum Gasteiger partial charge on any atom is -0.332 e. The maximum absolute atomic E-state index is 12.1. The Kier molecular flexibility index (Phi) is 6.68. The van der Waals surface area contributed by atoms with E-state index in [2.05, 4.69) is 38.5 Å². The second-order valence-corrected chi connectivity index (χ2v) is 6.56. The van der Waals surface area contributed by atoms with Crippen molar-refractivity contribution in [3.8, 4) is 0 Å². The predicted molar refractivity (Wildman–Crippen MR) is 108 cm³/mol. The fourth-order valence-corrected chi connectivity index (χ4v) is 2.65. The standard InChI is InChI=1S/C17H16IN3O2S/c1-2-15(22)19-13-7-4-8-14(10-13)20-17(24)21-16(23)11-5-3-6-12(18)9-11/h3-10H,2H2,1H3,(H,19,22)(H2,20,21,23,24). The number of anilines is 2. The zero-order valence-electron chi connectivity index (χ0n) is 12.9. The molecule has 0 bridgehead atoms. The van der Waals surface area contributed by atoms with Gasteiger partial charge in [0.25, 0.3) is 5.91 Å². The summed E-state index contributed by atoms with van der Waals surface area (Å²) in [6, 6.07) is 14.3. The largest absolute Gasteiger partial charge is 0.332 e. The summed E-state index contributed by atoms with van der Waals surface area (Å²) in [6.07, 6.45) is 0.405. The van der Waals surface area contributed by atoms with Crippen molar-refractivity contribution in [1.82, 2.24) is 5.32 Å². The van der Waals surface area contributed by atoms with Crippen LogP contribution in [0, 0.1) is 3.57 Å². The van der Waals surface area contributed by atoms with Gasteiger partial charge in [-0.1, -0.05) is 19.1 Å². The van der Waals surface area contributed by atoms with Crippen molar-refractivity contribution in [2.75, 3.05) is 10.6 Å². The Morgan fingerprint density at radius 1 is 1.04 bits per heavy atom. The third-order valence-corrected chi connectivity index (χ3v) is 3.91. The van der Waals surface area contributed by atoms with Crippen molar-refractivity contribution in [3.05, 3.63) is 57.7 Å². The van der Waals surface area contributed by atoms with E-state index in [-0.39, 0.29) is 16.9 Å². The summed E-state index contributed by atoms with van der Waals surface area (Å²) < 4.78 is 0.971. The minimum atomic E-state index is -0.276. The summed E-state index contributed by atoms with van der Waals surface area (Å²) in [7, 11) is 0. The zero-order valence-corrected chi connectivity index (χ0v) is 15.9. The SMILES string of the molecule is CCC(=O)Nc1cccc(NC(=S)NC(=O)c2cccc(I)c2)c1. The number of halogens is 1. The van der Waals surface area contributed by atoms with E-state index in [1.54, 1.807) is 43.3 Å². The van der Waals surface area contributed by atoms with Crippen LogP contribution in [0.1, 0.15) is 23.7 Å². The van der Waals surface area contributed by atoms with E-state index in [0.29, 0.717) is 23.4 Å². The number of carbonyl (C=O) groups is 2. The van der Waals surface area contributed by atoms with Crippen LogP contribution in [0.4, 0.5) is 11.4 Å². The van der Waals surface area contributed by atoms with Crippen LogP contribution < -0.4 is 16.0 Å². The van der Waals surface area contributed by atoms with E-state index in [4.69, 9.17) is 12.2 Å². The maximum Gasteiger partial charge on any atom is 0.257 e. The Bertz CT molecular complexity index is 780. The molecule has 0 aliphatic carbocycles. The molecule has 0 aromatic heterocycles. The first kappa shape index (κ1) is 18.3. The van der Waals surface area contributed by atoms with Crippen molar-refractivity contribution in [2.24, 2.45) is 0 Å². The van der Waals surface area contributed by atoms with Gasteiger partial charge >= 0.3 is 0 Å². The predicted octanol–water partition coefficient (Wildman–Crippen LogP) is 3.77. The summed E-state index contributed by atoms with van der Waals surface area (Å²) >= 11 is 7.31. The molecule has 0 saturated carbocycles. The van der Waals surface area contributed by atoms with Crippen LogP contribution in [0.25, 0.3) is 0 Å². The van der Waals surface area contributed by atoms with Crippen molar-refractivity contribution < 1.29 is 9.59 Å². The van der Waals surface area contributed by atoms with E-state index in [9.17, 15) is 9.59 Å². The molecule has 0 atom stereocenters. The quantitative estimate of drug-likeness (QED) is 0.487. The highest BCUT2D eigenvalue weighted by Crippen LogP contribution is 2.15. The highest BCUT2D eigenvalue weighted by molar-refractivity contribution is 14.1. The van der Waals surface area contributed by atoms with Gasteiger partial charge in [0.1, 0.15) is 0 Å². The molecule has 124 valence electrons. The van der Waals surface area contributed by atoms with Gasteiger partial charge in [-0.25, -0.2) is 0 Å². The molecule has 2 aromatic rings. The molecule has 5 nitrogen and oxygen atoms in total. The lowest BCUT2D eigenvalue weighted by Gasteiger charge is -2.11. The molecule has 0 heterocycles. The molecular weight excluding hydrogens is 437 g/mol. The number of thiocarbonyl (C=S) groups is 1. The van der Waals surface area contributed by atoms with Gasteiger partial charge in [0.15, 0.2) is 5.11 Å². The lowest BCUT2D eigenvalue weighted by atomic mass is 10.2. The molecule has 0 spiro atoms. The molecule has 0 aliphatic heterocycles. The number of rotatable bonds is 4. The number of benzene rings is 2. The summed E-state index contributed by atoms with van der Waals surface area (Å²) in [6.45, 7) is 1.78. The van der Waals surface area contributed by atoms with Gasteiger partial charge in [-0.05, 0) is 71.2 Å². The van der Waals surface area contributed by atoms with Gasteiger partial charge < -0.3 is 10.6 Å². The van der Waals surface area contributed by atoms with Crippen LogP contribution in [0.3, 0.4) is 0 Å². The van der Waals surface area contributed by atoms with E-state index >= 15 is 0 Å². The summed E-state index contributed by atoms with van der Waals surface area (Å²) in [5.41, 5.74) is 1.88. The number of amides is 2. The third kappa shape index (κ3) is 5.57. The van der Waals surface area contributed by atoms with E-state index in [1.807, 2.05) is 12.1 Å². The van der Waals surface area contributed by atoms with Crippen molar-refractivity contribution in [1.29, 1.82) is 0 Å². The zero-order chi connectivity index (χ0) is 17.5. The van der Waals surface area contributed by atoms with E-state index in [0.717, 1.165) is 3.57 Å². The Labute approximate surface area is 159 Å². The highest BCUT2D eigenvalue weighted by atomic mass is 127. The smallest absolute Gasteiger partial charge is 0.257 e. The number of nitrogens with one attached hydrogen (secondary N) is 3. The van der Waals surface area contributed by atoms with Gasteiger partial charge in [-0.15, -0.1) is 0 Å². The van der Waals surface area contributed by atoms with Crippen LogP contribution in [-0.2, 0) is 4.79 Å². The van der Waals surface area contributed by atoms with Crippen molar-refractivity contribution in [2.45, 2.75) is 13.3 Å². The van der Waals surface area contributed by atoms with E-state index < -0.39 is 0 Å². The molecule has 7 heteroatoms. The Morgan fingerprint density at radius 2 is 1.71 bits per heavy atom. The molecular formula is C17H16IN3O2S. The third-order valence-electron chi connectivity index (χ3n) is 3.04.